The number of fused-ring (bicyclic) bond motifs is 2. The molecule has 1 aromatic carbocycles. The highest BCUT2D eigenvalue weighted by Crippen LogP contribution is 2.37. The van der Waals surface area contributed by atoms with Crippen molar-refractivity contribution in [1.82, 2.24) is 4.90 Å². The van der Waals surface area contributed by atoms with Crippen molar-refractivity contribution in [3.8, 4) is 5.75 Å². The first kappa shape index (κ1) is 14.6. The molecule has 5 nitrogen and oxygen atoms in total. The zero-order chi connectivity index (χ0) is 16.0. The van der Waals surface area contributed by atoms with Crippen LogP contribution in [0.5, 0.6) is 5.75 Å². The maximum atomic E-state index is 12.6. The number of amides is 1. The number of likely N-dealkylation sites (tertiary alicyclic amines) is 1. The van der Waals surface area contributed by atoms with Crippen LogP contribution in [0.4, 0.5) is 0 Å². The molecule has 3 atom stereocenters. The van der Waals surface area contributed by atoms with E-state index in [2.05, 4.69) is 0 Å². The van der Waals surface area contributed by atoms with Gasteiger partial charge in [-0.2, -0.15) is 0 Å². The zero-order valence-corrected chi connectivity index (χ0v) is 13.3. The van der Waals surface area contributed by atoms with Gasteiger partial charge in [-0.05, 0) is 36.8 Å². The van der Waals surface area contributed by atoms with Gasteiger partial charge in [0.2, 0.25) is 5.91 Å². The van der Waals surface area contributed by atoms with Crippen LogP contribution in [-0.4, -0.2) is 37.0 Å². The Morgan fingerprint density at radius 1 is 1.39 bits per heavy atom. The summed E-state index contributed by atoms with van der Waals surface area (Å²) in [6.45, 7) is 1.68. The minimum Gasteiger partial charge on any atom is -0.497 e. The minimum atomic E-state index is 0.171. The van der Waals surface area contributed by atoms with Crippen molar-refractivity contribution >= 4 is 16.9 Å². The molecule has 0 spiro atoms. The second-order valence-corrected chi connectivity index (χ2v) is 6.76. The molecule has 1 saturated carbocycles. The number of nitrogens with zero attached hydrogens (tertiary/aromatic N) is 1. The third kappa shape index (κ3) is 2.49. The summed E-state index contributed by atoms with van der Waals surface area (Å²) in [7, 11) is 1.63. The van der Waals surface area contributed by atoms with Gasteiger partial charge in [0.05, 0.1) is 19.8 Å². The van der Waals surface area contributed by atoms with Gasteiger partial charge >= 0.3 is 0 Å². The average Bonchev–Trinajstić information content (AvgIpc) is 3.24. The summed E-state index contributed by atoms with van der Waals surface area (Å²) in [5.41, 5.74) is 7.85. The third-order valence-corrected chi connectivity index (χ3v) is 5.47. The third-order valence-electron chi connectivity index (χ3n) is 5.47. The largest absolute Gasteiger partial charge is 0.497 e. The molecule has 1 aromatic heterocycles. The van der Waals surface area contributed by atoms with Crippen LogP contribution < -0.4 is 10.5 Å². The molecule has 1 aliphatic heterocycles. The van der Waals surface area contributed by atoms with Crippen molar-refractivity contribution in [1.29, 1.82) is 0 Å². The normalized spacial score (nSPS) is 26.7. The van der Waals surface area contributed by atoms with Gasteiger partial charge in [-0.25, -0.2) is 0 Å². The van der Waals surface area contributed by atoms with Gasteiger partial charge in [0.25, 0.3) is 0 Å². The zero-order valence-electron chi connectivity index (χ0n) is 13.3. The van der Waals surface area contributed by atoms with Crippen molar-refractivity contribution in [2.24, 2.45) is 17.6 Å². The number of methoxy groups -OCH3 is 1. The highest BCUT2D eigenvalue weighted by atomic mass is 16.5. The van der Waals surface area contributed by atoms with Crippen LogP contribution in [0.1, 0.15) is 18.4 Å². The van der Waals surface area contributed by atoms with Crippen molar-refractivity contribution in [3.63, 3.8) is 0 Å². The number of nitrogens with two attached hydrogens (primary N) is 1. The molecule has 1 saturated heterocycles. The predicted octanol–water partition coefficient (Wildman–Crippen LogP) is 2.18. The van der Waals surface area contributed by atoms with Crippen LogP contribution >= 0.6 is 0 Å². The van der Waals surface area contributed by atoms with Crippen molar-refractivity contribution in [2.45, 2.75) is 25.3 Å². The number of hydrogen-bond donors (Lipinski definition) is 1. The molecule has 4 rings (SSSR count). The Kier molecular flexibility index (Phi) is 3.53. The standard InChI is InChI=1S/C18H22N2O3/c1-22-13-3-4-14-12(10-23-17(14)7-13)6-18(21)20-8-11-2-5-16(19)15(11)9-20/h3-4,7,10-11,15-16H,2,5-6,8-9,19H2,1H3. The lowest BCUT2D eigenvalue weighted by Gasteiger charge is -2.18. The van der Waals surface area contributed by atoms with E-state index in [1.807, 2.05) is 23.1 Å². The molecular weight excluding hydrogens is 292 g/mol. The second-order valence-electron chi connectivity index (χ2n) is 6.76. The molecule has 5 heteroatoms. The molecule has 2 N–H and O–H groups in total. The number of furan rings is 1. The molecule has 2 aromatic rings. The van der Waals surface area contributed by atoms with E-state index in [1.54, 1.807) is 13.4 Å². The van der Waals surface area contributed by atoms with Gasteiger partial charge in [0, 0.05) is 36.1 Å². The molecule has 23 heavy (non-hydrogen) atoms. The van der Waals surface area contributed by atoms with Crippen LogP contribution in [0.25, 0.3) is 11.0 Å². The smallest absolute Gasteiger partial charge is 0.227 e. The van der Waals surface area contributed by atoms with E-state index in [0.717, 1.165) is 48.2 Å². The van der Waals surface area contributed by atoms with Crippen molar-refractivity contribution in [3.05, 3.63) is 30.0 Å². The van der Waals surface area contributed by atoms with Gasteiger partial charge < -0.3 is 19.8 Å². The molecule has 1 aliphatic carbocycles. The number of rotatable bonds is 3. The Labute approximate surface area is 135 Å². The monoisotopic (exact) mass is 314 g/mol. The Balaban J connectivity index is 1.49. The van der Waals surface area contributed by atoms with E-state index in [0.29, 0.717) is 18.3 Å². The van der Waals surface area contributed by atoms with Gasteiger partial charge in [-0.3, -0.25) is 4.79 Å². The van der Waals surface area contributed by atoms with Crippen LogP contribution in [0.2, 0.25) is 0 Å². The summed E-state index contributed by atoms with van der Waals surface area (Å²) in [4.78, 5) is 14.6. The summed E-state index contributed by atoms with van der Waals surface area (Å²) in [5, 5.41) is 0.982. The minimum absolute atomic E-state index is 0.171. The van der Waals surface area contributed by atoms with Crippen LogP contribution in [0.3, 0.4) is 0 Å². The van der Waals surface area contributed by atoms with E-state index in [-0.39, 0.29) is 11.9 Å². The highest BCUT2D eigenvalue weighted by Gasteiger charge is 2.42. The Morgan fingerprint density at radius 2 is 2.26 bits per heavy atom. The number of hydrogen-bond acceptors (Lipinski definition) is 4. The lowest BCUT2D eigenvalue weighted by atomic mass is 9.98. The lowest BCUT2D eigenvalue weighted by Crippen LogP contribution is -2.34. The summed E-state index contributed by atoms with van der Waals surface area (Å²) in [6, 6.07) is 5.96. The molecule has 1 amide bonds. The molecule has 122 valence electrons. The first-order chi connectivity index (χ1) is 11.2. The van der Waals surface area contributed by atoms with Crippen LogP contribution in [0.15, 0.2) is 28.9 Å². The van der Waals surface area contributed by atoms with Gasteiger partial charge in [0.1, 0.15) is 11.3 Å². The summed E-state index contributed by atoms with van der Waals surface area (Å²) in [5.74, 6) is 2.01. The highest BCUT2D eigenvalue weighted by molar-refractivity contribution is 5.88. The maximum Gasteiger partial charge on any atom is 0.227 e. The van der Waals surface area contributed by atoms with E-state index in [1.165, 1.54) is 0 Å². The number of benzene rings is 1. The van der Waals surface area contributed by atoms with Gasteiger partial charge in [0.15, 0.2) is 0 Å². The van der Waals surface area contributed by atoms with E-state index < -0.39 is 0 Å². The molecule has 2 heterocycles. The fourth-order valence-electron chi connectivity index (χ4n) is 4.11. The Bertz CT molecular complexity index is 739. The summed E-state index contributed by atoms with van der Waals surface area (Å²) in [6.07, 6.45) is 4.33. The molecule has 0 bridgehead atoms. The van der Waals surface area contributed by atoms with Crippen molar-refractivity contribution < 1.29 is 13.9 Å². The number of carbonyl (C=O) groups excluding carboxylic acids is 1. The molecule has 2 fully saturated rings. The van der Waals surface area contributed by atoms with Crippen molar-refractivity contribution in [2.75, 3.05) is 20.2 Å². The lowest BCUT2D eigenvalue weighted by molar-refractivity contribution is -0.129. The second kappa shape index (κ2) is 5.57. The molecule has 2 aliphatic rings. The average molecular weight is 314 g/mol. The predicted molar refractivity (Wildman–Crippen MR) is 87.2 cm³/mol. The number of carbonyl (C=O) groups is 1. The Hall–Kier alpha value is -2.01. The fraction of sp³-hybridized carbons (Fsp3) is 0.500. The Morgan fingerprint density at radius 3 is 3.04 bits per heavy atom. The van der Waals surface area contributed by atoms with Gasteiger partial charge in [-0.1, -0.05) is 0 Å². The topological polar surface area (TPSA) is 68.7 Å². The van der Waals surface area contributed by atoms with E-state index in [4.69, 9.17) is 14.9 Å². The SMILES string of the molecule is COc1ccc2c(CC(=O)N3CC4CCC(N)C4C3)coc2c1. The fourth-order valence-corrected chi connectivity index (χ4v) is 4.11. The van der Waals surface area contributed by atoms with E-state index in [9.17, 15) is 4.79 Å². The van der Waals surface area contributed by atoms with Crippen LogP contribution in [0, 0.1) is 11.8 Å². The first-order valence-corrected chi connectivity index (χ1v) is 8.23. The molecular formula is C18H22N2O3. The van der Waals surface area contributed by atoms with Gasteiger partial charge in [-0.15, -0.1) is 0 Å². The quantitative estimate of drug-likeness (QED) is 0.943. The first-order valence-electron chi connectivity index (χ1n) is 8.23. The van der Waals surface area contributed by atoms with E-state index >= 15 is 0 Å². The molecule has 0 radical (unpaired) electrons. The maximum absolute atomic E-state index is 12.6. The summed E-state index contributed by atoms with van der Waals surface area (Å²) < 4.78 is 10.8. The molecule has 3 unspecified atom stereocenters. The summed E-state index contributed by atoms with van der Waals surface area (Å²) >= 11 is 0. The number of ether oxygens (including phenoxy) is 1. The van der Waals surface area contributed by atoms with Crippen LogP contribution in [-0.2, 0) is 11.2 Å².